The zero-order chi connectivity index (χ0) is 14.5. The third kappa shape index (κ3) is 3.58. The number of thiazole rings is 1. The predicted molar refractivity (Wildman–Crippen MR) is 83.4 cm³/mol. The van der Waals surface area contributed by atoms with E-state index in [9.17, 15) is 4.79 Å². The highest BCUT2D eigenvalue weighted by Crippen LogP contribution is 2.20. The first-order valence-corrected chi connectivity index (χ1v) is 7.89. The molecule has 0 spiro atoms. The molecule has 0 fully saturated rings. The van der Waals surface area contributed by atoms with E-state index in [0.29, 0.717) is 11.4 Å². The van der Waals surface area contributed by atoms with E-state index >= 15 is 0 Å². The average molecular weight is 309 g/mol. The van der Waals surface area contributed by atoms with Crippen molar-refractivity contribution in [1.29, 1.82) is 0 Å². The van der Waals surface area contributed by atoms with Crippen LogP contribution in [0.25, 0.3) is 0 Å². The number of aryl methyl sites for hydroxylation is 1. The van der Waals surface area contributed by atoms with Gasteiger partial charge in [0.15, 0.2) is 0 Å². The van der Waals surface area contributed by atoms with Gasteiger partial charge in [-0.1, -0.05) is 19.1 Å². The molecular formula is C15H17ClN2OS. The van der Waals surface area contributed by atoms with Crippen molar-refractivity contribution in [1.82, 2.24) is 10.3 Å². The molecule has 0 aliphatic carbocycles. The summed E-state index contributed by atoms with van der Waals surface area (Å²) in [7, 11) is 0. The lowest BCUT2D eigenvalue weighted by molar-refractivity contribution is 0.0939. The van der Waals surface area contributed by atoms with E-state index < -0.39 is 0 Å². The lowest BCUT2D eigenvalue weighted by atomic mass is 10.1. The number of hydrogen-bond donors (Lipinski definition) is 1. The maximum absolute atomic E-state index is 12.2. The van der Waals surface area contributed by atoms with Gasteiger partial charge in [0.2, 0.25) is 0 Å². The van der Waals surface area contributed by atoms with Crippen LogP contribution in [-0.4, -0.2) is 10.9 Å². The highest BCUT2D eigenvalue weighted by Gasteiger charge is 2.14. The summed E-state index contributed by atoms with van der Waals surface area (Å²) in [6.07, 6.45) is 2.84. The van der Waals surface area contributed by atoms with Gasteiger partial charge < -0.3 is 5.32 Å². The number of amides is 1. The number of halogens is 1. The minimum atomic E-state index is -0.0993. The molecule has 1 N–H and O–H groups in total. The second kappa shape index (κ2) is 6.86. The van der Waals surface area contributed by atoms with Gasteiger partial charge in [-0.25, -0.2) is 4.98 Å². The van der Waals surface area contributed by atoms with Crippen molar-refractivity contribution in [2.75, 3.05) is 0 Å². The first kappa shape index (κ1) is 15.0. The Kier molecular flexibility index (Phi) is 5.15. The number of aromatic nitrogens is 1. The second-order valence-corrected chi connectivity index (χ2v) is 5.96. The second-order valence-electron chi connectivity index (χ2n) is 4.55. The van der Waals surface area contributed by atoms with Gasteiger partial charge in [-0.05, 0) is 31.0 Å². The molecule has 0 bridgehead atoms. The standard InChI is InChI=1S/C15H17ClN2OS/c1-3-13-9-17-15(20-13)10(2)18-14(19)12-6-4-5-11(7-12)8-16/h4-7,9-10H,3,8H2,1-2H3,(H,18,19). The molecule has 1 amide bonds. The predicted octanol–water partition coefficient (Wildman–Crippen LogP) is 3.94. The van der Waals surface area contributed by atoms with Crippen molar-refractivity contribution in [3.8, 4) is 0 Å². The summed E-state index contributed by atoms with van der Waals surface area (Å²) in [4.78, 5) is 17.8. The monoisotopic (exact) mass is 308 g/mol. The van der Waals surface area contributed by atoms with Crippen LogP contribution in [-0.2, 0) is 12.3 Å². The van der Waals surface area contributed by atoms with Crippen molar-refractivity contribution >= 4 is 28.8 Å². The van der Waals surface area contributed by atoms with Crippen LogP contribution in [0, 0.1) is 0 Å². The Morgan fingerprint density at radius 3 is 2.95 bits per heavy atom. The fourth-order valence-electron chi connectivity index (χ4n) is 1.82. The van der Waals surface area contributed by atoms with E-state index in [0.717, 1.165) is 17.0 Å². The maximum atomic E-state index is 12.2. The number of benzene rings is 1. The Hall–Kier alpha value is -1.39. The molecule has 0 aliphatic heterocycles. The molecule has 3 nitrogen and oxygen atoms in total. The molecule has 5 heteroatoms. The normalized spacial score (nSPS) is 12.2. The van der Waals surface area contributed by atoms with Gasteiger partial charge in [0.05, 0.1) is 6.04 Å². The van der Waals surface area contributed by atoms with Crippen LogP contribution < -0.4 is 5.32 Å². The van der Waals surface area contributed by atoms with E-state index in [1.165, 1.54) is 4.88 Å². The van der Waals surface area contributed by atoms with E-state index in [1.807, 2.05) is 31.3 Å². The fourth-order valence-corrected chi connectivity index (χ4v) is 2.85. The number of hydrogen-bond acceptors (Lipinski definition) is 3. The van der Waals surface area contributed by atoms with Crippen molar-refractivity contribution in [3.05, 3.63) is 51.5 Å². The number of nitrogens with zero attached hydrogens (tertiary/aromatic N) is 1. The van der Waals surface area contributed by atoms with E-state index in [2.05, 4.69) is 17.2 Å². The lowest BCUT2D eigenvalue weighted by Gasteiger charge is -2.11. The van der Waals surface area contributed by atoms with Gasteiger partial charge in [-0.15, -0.1) is 22.9 Å². The smallest absolute Gasteiger partial charge is 0.251 e. The Bertz CT molecular complexity index is 597. The molecular weight excluding hydrogens is 292 g/mol. The summed E-state index contributed by atoms with van der Waals surface area (Å²) in [6, 6.07) is 7.26. The van der Waals surface area contributed by atoms with Crippen molar-refractivity contribution in [2.45, 2.75) is 32.2 Å². The molecule has 1 heterocycles. The first-order chi connectivity index (χ1) is 9.63. The van der Waals surface area contributed by atoms with Crippen LogP contribution in [0.3, 0.4) is 0 Å². The highest BCUT2D eigenvalue weighted by molar-refractivity contribution is 7.11. The van der Waals surface area contributed by atoms with Crippen molar-refractivity contribution < 1.29 is 4.79 Å². The lowest BCUT2D eigenvalue weighted by Crippen LogP contribution is -2.26. The number of rotatable bonds is 5. The van der Waals surface area contributed by atoms with Gasteiger partial charge in [-0.3, -0.25) is 4.79 Å². The zero-order valence-electron chi connectivity index (χ0n) is 11.5. The van der Waals surface area contributed by atoms with Gasteiger partial charge in [0.1, 0.15) is 5.01 Å². The van der Waals surface area contributed by atoms with Crippen LogP contribution in [0.5, 0.6) is 0 Å². The minimum absolute atomic E-state index is 0.0903. The molecule has 0 saturated heterocycles. The molecule has 1 aromatic heterocycles. The Labute approximate surface area is 128 Å². The van der Waals surface area contributed by atoms with Crippen molar-refractivity contribution in [2.24, 2.45) is 0 Å². The topological polar surface area (TPSA) is 42.0 Å². The third-order valence-electron chi connectivity index (χ3n) is 2.98. The molecule has 20 heavy (non-hydrogen) atoms. The molecule has 2 rings (SSSR count). The fraction of sp³-hybridized carbons (Fsp3) is 0.333. The summed E-state index contributed by atoms with van der Waals surface area (Å²) in [5.74, 6) is 0.306. The van der Waals surface area contributed by atoms with Crippen LogP contribution >= 0.6 is 22.9 Å². The molecule has 1 atom stereocenters. The molecule has 0 aliphatic rings. The largest absolute Gasteiger partial charge is 0.343 e. The summed E-state index contributed by atoms with van der Waals surface area (Å²) >= 11 is 7.42. The average Bonchev–Trinajstić information content (AvgIpc) is 2.96. The molecule has 0 radical (unpaired) electrons. The van der Waals surface area contributed by atoms with Gasteiger partial charge >= 0.3 is 0 Å². The van der Waals surface area contributed by atoms with E-state index in [4.69, 9.17) is 11.6 Å². The highest BCUT2D eigenvalue weighted by atomic mass is 35.5. The Balaban J connectivity index is 2.06. The summed E-state index contributed by atoms with van der Waals surface area (Å²) < 4.78 is 0. The number of nitrogens with one attached hydrogen (secondary N) is 1. The SMILES string of the molecule is CCc1cnc(C(C)NC(=O)c2cccc(CCl)c2)s1. The Morgan fingerprint density at radius 1 is 1.50 bits per heavy atom. The molecule has 106 valence electrons. The van der Waals surface area contributed by atoms with Crippen LogP contribution in [0.2, 0.25) is 0 Å². The van der Waals surface area contributed by atoms with Crippen LogP contribution in [0.1, 0.15) is 45.7 Å². The Morgan fingerprint density at radius 2 is 2.30 bits per heavy atom. The molecule has 1 unspecified atom stereocenters. The number of alkyl halides is 1. The summed E-state index contributed by atoms with van der Waals surface area (Å²) in [6.45, 7) is 4.04. The van der Waals surface area contributed by atoms with Crippen LogP contribution in [0.4, 0.5) is 0 Å². The minimum Gasteiger partial charge on any atom is -0.343 e. The molecule has 1 aromatic carbocycles. The molecule has 2 aromatic rings. The van der Waals surface area contributed by atoms with E-state index in [-0.39, 0.29) is 11.9 Å². The first-order valence-electron chi connectivity index (χ1n) is 6.54. The number of carbonyl (C=O) groups is 1. The van der Waals surface area contributed by atoms with Gasteiger partial charge in [0.25, 0.3) is 5.91 Å². The summed E-state index contributed by atoms with van der Waals surface area (Å²) in [5, 5.41) is 3.90. The molecule has 0 saturated carbocycles. The number of carbonyl (C=O) groups excluding carboxylic acids is 1. The van der Waals surface area contributed by atoms with Gasteiger partial charge in [-0.2, -0.15) is 0 Å². The van der Waals surface area contributed by atoms with Gasteiger partial charge in [0, 0.05) is 22.5 Å². The van der Waals surface area contributed by atoms with E-state index in [1.54, 1.807) is 17.4 Å². The summed E-state index contributed by atoms with van der Waals surface area (Å²) in [5.41, 5.74) is 1.57. The maximum Gasteiger partial charge on any atom is 0.251 e. The van der Waals surface area contributed by atoms with Crippen LogP contribution in [0.15, 0.2) is 30.5 Å². The quantitative estimate of drug-likeness (QED) is 0.850. The van der Waals surface area contributed by atoms with Crippen molar-refractivity contribution in [3.63, 3.8) is 0 Å². The zero-order valence-corrected chi connectivity index (χ0v) is 13.1. The third-order valence-corrected chi connectivity index (χ3v) is 4.61.